The van der Waals surface area contributed by atoms with Crippen LogP contribution < -0.4 is 16.4 Å². The number of fused-ring (bicyclic) bond motifs is 2. The third-order valence-electron chi connectivity index (χ3n) is 7.36. The van der Waals surface area contributed by atoms with Crippen molar-refractivity contribution >= 4 is 34.1 Å². The summed E-state index contributed by atoms with van der Waals surface area (Å²) < 4.78 is 5.43. The molecule has 1 aromatic carbocycles. The maximum atomic E-state index is 13.0. The molecule has 2 aromatic rings. The molecule has 1 amide bonds. The zero-order valence-electron chi connectivity index (χ0n) is 16.8. The first-order valence-electron chi connectivity index (χ1n) is 10.6. The molecule has 0 spiro atoms. The van der Waals surface area contributed by atoms with Crippen molar-refractivity contribution in [2.24, 2.45) is 17.3 Å². The Morgan fingerprint density at radius 2 is 2.23 bits per heavy atom. The molecule has 3 heterocycles. The van der Waals surface area contributed by atoms with Crippen molar-refractivity contribution in [3.8, 4) is 0 Å². The number of aromatic nitrogens is 1. The van der Waals surface area contributed by atoms with Gasteiger partial charge in [-0.2, -0.15) is 0 Å². The van der Waals surface area contributed by atoms with Crippen LogP contribution in [0.1, 0.15) is 29.6 Å². The number of carbonyl (C=O) groups is 1. The maximum absolute atomic E-state index is 13.0. The summed E-state index contributed by atoms with van der Waals surface area (Å²) in [5.41, 5.74) is 6.88. The highest BCUT2D eigenvalue weighted by Crippen LogP contribution is 2.64. The number of benzene rings is 1. The molecule has 0 radical (unpaired) electrons. The van der Waals surface area contributed by atoms with Crippen LogP contribution in [0.4, 0.5) is 5.69 Å². The predicted octanol–water partition coefficient (Wildman–Crippen LogP) is 1.97. The Morgan fingerprint density at radius 3 is 3.03 bits per heavy atom. The molecular weight excluding hydrogens is 404 g/mol. The normalized spacial score (nSPS) is 29.5. The molecular formula is C22H27ClN4O3. The van der Waals surface area contributed by atoms with Gasteiger partial charge in [0.25, 0.3) is 5.91 Å². The number of nitrogens with zero attached hydrogens (tertiary/aromatic N) is 1. The Morgan fingerprint density at radius 1 is 1.43 bits per heavy atom. The fourth-order valence-electron chi connectivity index (χ4n) is 5.66. The Kier molecular flexibility index (Phi) is 4.89. The van der Waals surface area contributed by atoms with Crippen molar-refractivity contribution in [2.75, 3.05) is 38.6 Å². The maximum Gasteiger partial charge on any atom is 0.253 e. The molecule has 1 aliphatic carbocycles. The van der Waals surface area contributed by atoms with Gasteiger partial charge in [0.15, 0.2) is 0 Å². The molecule has 5 rings (SSSR count). The van der Waals surface area contributed by atoms with Crippen molar-refractivity contribution in [2.45, 2.75) is 24.9 Å². The number of nitrogens with two attached hydrogens (primary N) is 1. The third-order valence-corrected chi connectivity index (χ3v) is 7.67. The predicted molar refractivity (Wildman–Crippen MR) is 115 cm³/mol. The average Bonchev–Trinajstić information content (AvgIpc) is 3.09. The number of hydrogen-bond acceptors (Lipinski definition) is 6. The molecule has 2 saturated heterocycles. The summed E-state index contributed by atoms with van der Waals surface area (Å²) in [5, 5.41) is 18.6. The number of amides is 1. The molecule has 3 aliphatic rings. The summed E-state index contributed by atoms with van der Waals surface area (Å²) in [4.78, 5) is 17.3. The summed E-state index contributed by atoms with van der Waals surface area (Å²) in [6.07, 6.45) is 3.77. The van der Waals surface area contributed by atoms with E-state index < -0.39 is 5.60 Å². The summed E-state index contributed by atoms with van der Waals surface area (Å²) in [6, 6.07) is 5.19. The van der Waals surface area contributed by atoms with Crippen molar-refractivity contribution < 1.29 is 14.6 Å². The smallest absolute Gasteiger partial charge is 0.253 e. The number of nitrogens with one attached hydrogen (secondary N) is 2. The van der Waals surface area contributed by atoms with Crippen molar-refractivity contribution in [1.29, 1.82) is 0 Å². The fraction of sp³-hybridized carbons (Fsp3) is 0.545. The largest absolute Gasteiger partial charge is 0.397 e. The lowest BCUT2D eigenvalue weighted by Crippen LogP contribution is -2.41. The number of halogens is 1. The van der Waals surface area contributed by atoms with E-state index in [1.807, 2.05) is 6.07 Å². The van der Waals surface area contributed by atoms with E-state index in [0.29, 0.717) is 71.6 Å². The number of nitrogen functional groups attached to an aromatic ring is 1. The van der Waals surface area contributed by atoms with E-state index in [1.54, 1.807) is 18.3 Å². The van der Waals surface area contributed by atoms with E-state index in [0.717, 1.165) is 19.5 Å². The lowest BCUT2D eigenvalue weighted by Gasteiger charge is -2.35. The quantitative estimate of drug-likeness (QED) is 0.540. The van der Waals surface area contributed by atoms with Gasteiger partial charge in [-0.15, -0.1) is 0 Å². The van der Waals surface area contributed by atoms with Crippen molar-refractivity contribution in [1.82, 2.24) is 15.6 Å². The average molecular weight is 431 g/mol. The molecule has 5 N–H and O–H groups in total. The van der Waals surface area contributed by atoms with E-state index >= 15 is 0 Å². The standard InChI is InChI=1S/C22H27ClN4O3/c23-17-8-14(19-13(18(17)24)2-1-5-26-19)20(28)27-10-16-15-9-25-12-22(15,16)11-21(29)3-6-30-7-4-21/h1-2,5,8,15-16,25,29H,3-4,6-7,9-12,24H2,(H,27,28). The van der Waals surface area contributed by atoms with Crippen LogP contribution in [-0.2, 0) is 4.74 Å². The Hall–Kier alpha value is -1.93. The minimum atomic E-state index is -0.661. The monoisotopic (exact) mass is 430 g/mol. The number of hydrogen-bond donors (Lipinski definition) is 4. The van der Waals surface area contributed by atoms with Gasteiger partial charge in [0, 0.05) is 37.9 Å². The van der Waals surface area contributed by atoms with Crippen LogP contribution in [0.25, 0.3) is 10.9 Å². The van der Waals surface area contributed by atoms with E-state index in [-0.39, 0.29) is 11.3 Å². The van der Waals surface area contributed by atoms with Gasteiger partial charge in [-0.3, -0.25) is 9.78 Å². The number of carbonyl (C=O) groups excluding carboxylic acids is 1. The van der Waals surface area contributed by atoms with Crippen LogP contribution in [0, 0.1) is 17.3 Å². The molecule has 30 heavy (non-hydrogen) atoms. The zero-order chi connectivity index (χ0) is 20.9. The number of piperidine rings is 1. The number of aliphatic hydroxyl groups is 1. The molecule has 1 aromatic heterocycles. The van der Waals surface area contributed by atoms with Crippen LogP contribution in [0.5, 0.6) is 0 Å². The van der Waals surface area contributed by atoms with Gasteiger partial charge >= 0.3 is 0 Å². The summed E-state index contributed by atoms with van der Waals surface area (Å²) in [6.45, 7) is 3.63. The molecule has 1 saturated carbocycles. The first-order chi connectivity index (χ1) is 14.4. The van der Waals surface area contributed by atoms with Gasteiger partial charge in [-0.05, 0) is 61.3 Å². The van der Waals surface area contributed by atoms with Crippen LogP contribution in [0.15, 0.2) is 24.4 Å². The first-order valence-corrected chi connectivity index (χ1v) is 10.9. The van der Waals surface area contributed by atoms with Gasteiger partial charge in [0.2, 0.25) is 0 Å². The van der Waals surface area contributed by atoms with Crippen LogP contribution in [0.2, 0.25) is 5.02 Å². The minimum Gasteiger partial charge on any atom is -0.397 e. The third kappa shape index (κ3) is 3.24. The molecule has 0 bridgehead atoms. The second kappa shape index (κ2) is 7.34. The second-order valence-electron chi connectivity index (χ2n) is 9.02. The summed E-state index contributed by atoms with van der Waals surface area (Å²) in [5.74, 6) is 0.644. The van der Waals surface area contributed by atoms with E-state index in [2.05, 4.69) is 15.6 Å². The lowest BCUT2D eigenvalue weighted by molar-refractivity contribution is -0.0796. The highest BCUT2D eigenvalue weighted by Gasteiger charge is 2.67. The number of pyridine rings is 1. The van der Waals surface area contributed by atoms with Crippen molar-refractivity contribution in [3.05, 3.63) is 35.0 Å². The van der Waals surface area contributed by atoms with E-state index in [1.165, 1.54) is 0 Å². The zero-order valence-corrected chi connectivity index (χ0v) is 17.5. The fourth-order valence-corrected chi connectivity index (χ4v) is 5.87. The van der Waals surface area contributed by atoms with Gasteiger partial charge in [0.05, 0.1) is 27.4 Å². The SMILES string of the molecule is Nc1c(Cl)cc(C(=O)NCC2C3CNCC32CC2(O)CCOCC2)c2ncccc12. The van der Waals surface area contributed by atoms with E-state index in [4.69, 9.17) is 22.1 Å². The molecule has 2 aliphatic heterocycles. The van der Waals surface area contributed by atoms with Gasteiger partial charge in [-0.1, -0.05) is 11.6 Å². The van der Waals surface area contributed by atoms with E-state index in [9.17, 15) is 9.90 Å². The molecule has 160 valence electrons. The van der Waals surface area contributed by atoms with Crippen LogP contribution >= 0.6 is 11.6 Å². The summed E-state index contributed by atoms with van der Waals surface area (Å²) in [7, 11) is 0. The number of ether oxygens (including phenoxy) is 1. The molecule has 3 fully saturated rings. The van der Waals surface area contributed by atoms with Gasteiger partial charge < -0.3 is 26.2 Å². The molecule has 8 heteroatoms. The highest BCUT2D eigenvalue weighted by molar-refractivity contribution is 6.35. The number of rotatable bonds is 5. The first kappa shape index (κ1) is 20.0. The number of anilines is 1. The van der Waals surface area contributed by atoms with Crippen LogP contribution in [-0.4, -0.2) is 54.4 Å². The van der Waals surface area contributed by atoms with Gasteiger partial charge in [-0.25, -0.2) is 0 Å². The van der Waals surface area contributed by atoms with Crippen molar-refractivity contribution in [3.63, 3.8) is 0 Å². The minimum absolute atomic E-state index is 0.0540. The second-order valence-corrected chi connectivity index (χ2v) is 9.43. The molecule has 3 atom stereocenters. The lowest BCUT2D eigenvalue weighted by atomic mass is 9.81. The topological polar surface area (TPSA) is 110 Å². The summed E-state index contributed by atoms with van der Waals surface area (Å²) >= 11 is 6.26. The van der Waals surface area contributed by atoms with Gasteiger partial charge in [0.1, 0.15) is 0 Å². The van der Waals surface area contributed by atoms with Crippen LogP contribution in [0.3, 0.4) is 0 Å². The molecule has 7 nitrogen and oxygen atoms in total. The highest BCUT2D eigenvalue weighted by atomic mass is 35.5. The Bertz CT molecular complexity index is 994. The Balaban J connectivity index is 1.31. The molecule has 3 unspecified atom stereocenters. The Labute approximate surface area is 180 Å².